The van der Waals surface area contributed by atoms with Crippen molar-refractivity contribution in [2.75, 3.05) is 11.4 Å². The lowest BCUT2D eigenvalue weighted by atomic mass is 10.1. The van der Waals surface area contributed by atoms with Crippen LogP contribution in [0.4, 0.5) is 5.69 Å². The average Bonchev–Trinajstić information content (AvgIpc) is 3.01. The predicted molar refractivity (Wildman–Crippen MR) is 118 cm³/mol. The summed E-state index contributed by atoms with van der Waals surface area (Å²) in [4.78, 5) is 39.8. The minimum atomic E-state index is -3.93. The molecule has 3 amide bonds. The first-order valence-corrected chi connectivity index (χ1v) is 12.8. The number of hydrogen-bond donors (Lipinski definition) is 2. The largest absolute Gasteiger partial charge is 0.330 e. The lowest BCUT2D eigenvalue weighted by Gasteiger charge is -2.26. The van der Waals surface area contributed by atoms with E-state index in [2.05, 4.69) is 0 Å². The van der Waals surface area contributed by atoms with Crippen LogP contribution in [0, 0.1) is 0 Å². The summed E-state index contributed by atoms with van der Waals surface area (Å²) >= 11 is 0. The zero-order valence-corrected chi connectivity index (χ0v) is 19.2. The van der Waals surface area contributed by atoms with E-state index in [9.17, 15) is 31.2 Å². The van der Waals surface area contributed by atoms with Crippen LogP contribution in [0.3, 0.4) is 0 Å². The number of amides is 3. The fraction of sp³-hybridized carbons (Fsp3) is 0.250. The van der Waals surface area contributed by atoms with Crippen LogP contribution in [0.2, 0.25) is 0 Å². The Morgan fingerprint density at radius 2 is 1.42 bits per heavy atom. The van der Waals surface area contributed by atoms with Gasteiger partial charge in [0.2, 0.25) is 31.9 Å². The number of sulfonamides is 2. The van der Waals surface area contributed by atoms with Gasteiger partial charge in [-0.2, -0.15) is 0 Å². The number of primary sulfonamides is 2. The molecule has 2 aromatic carbocycles. The van der Waals surface area contributed by atoms with E-state index in [-0.39, 0.29) is 28.4 Å². The third-order valence-corrected chi connectivity index (χ3v) is 7.08. The Bertz CT molecular complexity index is 1310. The van der Waals surface area contributed by atoms with Gasteiger partial charge in [-0.1, -0.05) is 12.1 Å². The molecule has 13 heteroatoms. The maximum atomic E-state index is 13.0. The summed E-state index contributed by atoms with van der Waals surface area (Å²) in [5.74, 6) is -1.55. The van der Waals surface area contributed by atoms with Crippen LogP contribution in [0.15, 0.2) is 58.3 Å². The molecule has 33 heavy (non-hydrogen) atoms. The van der Waals surface area contributed by atoms with Gasteiger partial charge in [0.25, 0.3) is 5.91 Å². The first-order chi connectivity index (χ1) is 15.3. The van der Waals surface area contributed by atoms with E-state index >= 15 is 0 Å². The molecular formula is C20H22N4O7S2. The quantitative estimate of drug-likeness (QED) is 0.496. The molecule has 3 rings (SSSR count). The molecule has 1 unspecified atom stereocenters. The Morgan fingerprint density at radius 1 is 0.939 bits per heavy atom. The highest BCUT2D eigenvalue weighted by molar-refractivity contribution is 7.89. The summed E-state index contributed by atoms with van der Waals surface area (Å²) in [6.45, 7) is 1.40. The zero-order chi connectivity index (χ0) is 24.6. The molecule has 0 aromatic heterocycles. The molecule has 1 atom stereocenters. The molecule has 1 aliphatic rings. The minimum absolute atomic E-state index is 0.0460. The smallest absolute Gasteiger partial charge is 0.257 e. The van der Waals surface area contributed by atoms with Gasteiger partial charge < -0.3 is 4.90 Å². The zero-order valence-electron chi connectivity index (χ0n) is 17.5. The van der Waals surface area contributed by atoms with E-state index in [1.54, 1.807) is 12.1 Å². The fourth-order valence-electron chi connectivity index (χ4n) is 3.54. The maximum Gasteiger partial charge on any atom is 0.257 e. The second-order valence-corrected chi connectivity index (χ2v) is 10.6. The normalized spacial score (nSPS) is 16.8. The van der Waals surface area contributed by atoms with Gasteiger partial charge in [0, 0.05) is 13.5 Å². The molecule has 1 aliphatic heterocycles. The molecule has 0 aliphatic carbocycles. The lowest BCUT2D eigenvalue weighted by molar-refractivity contribution is -0.136. The molecule has 0 saturated carbocycles. The molecule has 2 aromatic rings. The second-order valence-electron chi connectivity index (χ2n) is 7.48. The average molecular weight is 495 g/mol. The SMILES string of the molecule is CC(=O)N(CCc1ccc(S(N)(=O)=O)cc1)C1CC(=O)N(c2ccc(S(N)(=O)=O)cc2)C1=O. The van der Waals surface area contributed by atoms with E-state index < -0.39 is 43.8 Å². The summed E-state index contributed by atoms with van der Waals surface area (Å²) in [7, 11) is -7.76. The van der Waals surface area contributed by atoms with Gasteiger partial charge in [0.05, 0.1) is 21.9 Å². The topological polar surface area (TPSA) is 178 Å². The van der Waals surface area contributed by atoms with Crippen LogP contribution in [-0.4, -0.2) is 52.0 Å². The number of nitrogens with two attached hydrogens (primary N) is 2. The molecule has 0 bridgehead atoms. The molecule has 1 heterocycles. The van der Waals surface area contributed by atoms with Crippen molar-refractivity contribution in [1.82, 2.24) is 4.90 Å². The third-order valence-electron chi connectivity index (χ3n) is 5.22. The maximum absolute atomic E-state index is 13.0. The lowest BCUT2D eigenvalue weighted by Crippen LogP contribution is -2.45. The Kier molecular flexibility index (Phi) is 6.70. The Labute approximate surface area is 191 Å². The summed E-state index contributed by atoms with van der Waals surface area (Å²) < 4.78 is 45.6. The molecule has 4 N–H and O–H groups in total. The molecule has 0 spiro atoms. The van der Waals surface area contributed by atoms with Gasteiger partial charge in [-0.15, -0.1) is 0 Å². The number of nitrogens with zero attached hydrogens (tertiary/aromatic N) is 2. The van der Waals surface area contributed by atoms with Gasteiger partial charge in [0.15, 0.2) is 0 Å². The standard InChI is InChI=1S/C20H22N4O7S2/c1-13(25)23(11-10-14-2-6-16(7-3-14)32(21,28)29)18-12-19(26)24(20(18)27)15-4-8-17(9-5-15)33(22,30)31/h2-9,18H,10-12H2,1H3,(H2,21,28,29)(H2,22,30,31). The minimum Gasteiger partial charge on any atom is -0.330 e. The Morgan fingerprint density at radius 3 is 1.88 bits per heavy atom. The summed E-state index contributed by atoms with van der Waals surface area (Å²) in [6.07, 6.45) is 0.0885. The number of imide groups is 1. The van der Waals surface area contributed by atoms with Crippen molar-refractivity contribution >= 4 is 43.5 Å². The summed E-state index contributed by atoms with van der Waals surface area (Å²) in [6, 6.07) is 9.75. The van der Waals surface area contributed by atoms with Crippen LogP contribution in [-0.2, 0) is 40.9 Å². The number of rotatable bonds is 7. The third kappa shape index (κ3) is 5.45. The number of hydrogen-bond acceptors (Lipinski definition) is 7. The van der Waals surface area contributed by atoms with Crippen molar-refractivity contribution < 1.29 is 31.2 Å². The summed E-state index contributed by atoms with van der Waals surface area (Å²) in [5, 5.41) is 10.1. The highest BCUT2D eigenvalue weighted by Crippen LogP contribution is 2.27. The van der Waals surface area contributed by atoms with Crippen LogP contribution in [0.1, 0.15) is 18.9 Å². The fourth-order valence-corrected chi connectivity index (χ4v) is 4.57. The van der Waals surface area contributed by atoms with Gasteiger partial charge in [-0.3, -0.25) is 14.4 Å². The van der Waals surface area contributed by atoms with Gasteiger partial charge >= 0.3 is 0 Å². The van der Waals surface area contributed by atoms with Crippen molar-refractivity contribution in [3.63, 3.8) is 0 Å². The molecular weight excluding hydrogens is 472 g/mol. The van der Waals surface area contributed by atoms with E-state index in [4.69, 9.17) is 10.3 Å². The number of anilines is 1. The van der Waals surface area contributed by atoms with Crippen molar-refractivity contribution in [1.29, 1.82) is 0 Å². The van der Waals surface area contributed by atoms with Crippen molar-refractivity contribution in [2.24, 2.45) is 10.3 Å². The van der Waals surface area contributed by atoms with E-state index in [1.165, 1.54) is 48.2 Å². The van der Waals surface area contributed by atoms with E-state index in [0.29, 0.717) is 12.0 Å². The summed E-state index contributed by atoms with van der Waals surface area (Å²) in [5.41, 5.74) is 0.878. The van der Waals surface area contributed by atoms with Crippen molar-refractivity contribution in [2.45, 2.75) is 35.6 Å². The van der Waals surface area contributed by atoms with E-state index in [1.807, 2.05) is 0 Å². The highest BCUT2D eigenvalue weighted by atomic mass is 32.2. The molecule has 1 fully saturated rings. The first kappa shape index (κ1) is 24.5. The van der Waals surface area contributed by atoms with Crippen LogP contribution < -0.4 is 15.2 Å². The predicted octanol–water partition coefficient (Wildman–Crippen LogP) is -0.295. The molecule has 1 saturated heterocycles. The molecule has 176 valence electrons. The highest BCUT2D eigenvalue weighted by Gasteiger charge is 2.43. The van der Waals surface area contributed by atoms with Gasteiger partial charge in [0.1, 0.15) is 6.04 Å². The Hall–Kier alpha value is -3.13. The second kappa shape index (κ2) is 9.02. The van der Waals surface area contributed by atoms with Gasteiger partial charge in [-0.25, -0.2) is 32.0 Å². The van der Waals surface area contributed by atoms with Crippen LogP contribution >= 0.6 is 0 Å². The number of carbonyl (C=O) groups excluding carboxylic acids is 3. The molecule has 11 nitrogen and oxygen atoms in total. The first-order valence-electron chi connectivity index (χ1n) is 9.67. The number of carbonyl (C=O) groups is 3. The number of benzene rings is 2. The van der Waals surface area contributed by atoms with Gasteiger partial charge in [-0.05, 0) is 48.4 Å². The van der Waals surface area contributed by atoms with Crippen molar-refractivity contribution in [3.8, 4) is 0 Å². The van der Waals surface area contributed by atoms with Crippen molar-refractivity contribution in [3.05, 3.63) is 54.1 Å². The van der Waals surface area contributed by atoms with E-state index in [0.717, 1.165) is 4.90 Å². The monoisotopic (exact) mass is 494 g/mol. The molecule has 0 radical (unpaired) electrons. The van der Waals surface area contributed by atoms with Crippen LogP contribution in [0.25, 0.3) is 0 Å². The van der Waals surface area contributed by atoms with Crippen LogP contribution in [0.5, 0.6) is 0 Å². The Balaban J connectivity index is 1.76.